The minimum Gasteiger partial charge on any atom is -0.394 e. The van der Waals surface area contributed by atoms with Crippen LogP contribution in [0.15, 0.2) is 0 Å². The normalized spacial score (nSPS) is 15.0. The van der Waals surface area contributed by atoms with Crippen LogP contribution in [0.1, 0.15) is 54.4 Å². The van der Waals surface area contributed by atoms with E-state index in [9.17, 15) is 0 Å². The second-order valence-corrected chi connectivity index (χ2v) is 23.2. The summed E-state index contributed by atoms with van der Waals surface area (Å²) in [6.07, 6.45) is 2.14. The van der Waals surface area contributed by atoms with Gasteiger partial charge >= 0.3 is 17.1 Å². The van der Waals surface area contributed by atoms with Gasteiger partial charge in [0.15, 0.2) is 0 Å². The van der Waals surface area contributed by atoms with Crippen molar-refractivity contribution in [1.82, 2.24) is 0 Å². The molecule has 2 atom stereocenters. The summed E-state index contributed by atoms with van der Waals surface area (Å²) in [6.45, 7) is 19.9. The Hall–Kier alpha value is 2.37. The largest absolute Gasteiger partial charge is 0.394 e. The fourth-order valence-electron chi connectivity index (χ4n) is 2.80. The minimum atomic E-state index is -2.13. The van der Waals surface area contributed by atoms with Crippen LogP contribution in [0.4, 0.5) is 0 Å². The first kappa shape index (κ1) is 30.4. The van der Waals surface area contributed by atoms with Gasteiger partial charge in [0.1, 0.15) is 0 Å². The van der Waals surface area contributed by atoms with Crippen LogP contribution in [0.5, 0.6) is 0 Å². The lowest BCUT2D eigenvalue weighted by Crippen LogP contribution is -2.48. The predicted molar refractivity (Wildman–Crippen MR) is 143 cm³/mol. The van der Waals surface area contributed by atoms with Gasteiger partial charge in [-0.15, -0.1) is 0 Å². The van der Waals surface area contributed by atoms with Gasteiger partial charge in [0.05, 0.1) is 9.75 Å². The summed E-state index contributed by atoms with van der Waals surface area (Å²) in [4.78, 5) is 0.858. The highest BCUT2D eigenvalue weighted by Crippen LogP contribution is 2.56. The van der Waals surface area contributed by atoms with Crippen molar-refractivity contribution in [2.75, 3.05) is 26.4 Å². The Bertz CT molecular complexity index is 341. The Morgan fingerprint density at radius 3 is 1.04 bits per heavy atom. The van der Waals surface area contributed by atoms with E-state index in [0.29, 0.717) is 9.75 Å². The van der Waals surface area contributed by atoms with E-state index in [-0.39, 0.29) is 0 Å². The molecule has 4 nitrogen and oxygen atoms in total. The molecule has 0 N–H and O–H groups in total. The average Bonchev–Trinajstić information content (AvgIpc) is 2.64. The van der Waals surface area contributed by atoms with Crippen LogP contribution < -0.4 is 0 Å². The second kappa shape index (κ2) is 17.9. The Balaban J connectivity index is 4.38. The SMILES string of the molecule is CCO[Si](C)(OCC)C(CC)SSSSSSC(CC)[Si](C)(OCC)OCC. The van der Waals surface area contributed by atoms with E-state index in [2.05, 4.69) is 54.6 Å². The molecule has 12 heteroatoms. The molecule has 0 rings (SSSR count). The van der Waals surface area contributed by atoms with Gasteiger partial charge in [-0.3, -0.25) is 0 Å². The molecule has 0 aromatic rings. The third-order valence-electron chi connectivity index (χ3n) is 4.03. The van der Waals surface area contributed by atoms with Crippen molar-refractivity contribution >= 4 is 78.0 Å². The van der Waals surface area contributed by atoms with E-state index in [1.54, 1.807) is 0 Å². The molecule has 28 heavy (non-hydrogen) atoms. The Kier molecular flexibility index (Phi) is 19.4. The van der Waals surface area contributed by atoms with Crippen LogP contribution in [-0.4, -0.2) is 53.3 Å². The number of hydrogen-bond donors (Lipinski definition) is 0. The molecule has 170 valence electrons. The van der Waals surface area contributed by atoms with E-state index >= 15 is 0 Å². The lowest BCUT2D eigenvalue weighted by molar-refractivity contribution is 0.186. The molecule has 0 amide bonds. The first-order chi connectivity index (χ1) is 13.4. The van der Waals surface area contributed by atoms with Gasteiger partial charge in [0, 0.05) is 26.4 Å². The van der Waals surface area contributed by atoms with E-state index in [0.717, 1.165) is 39.3 Å². The van der Waals surface area contributed by atoms with Crippen molar-refractivity contribution in [1.29, 1.82) is 0 Å². The number of rotatable bonds is 19. The zero-order valence-corrected chi connectivity index (χ0v) is 25.4. The van der Waals surface area contributed by atoms with Crippen molar-refractivity contribution in [3.63, 3.8) is 0 Å². The Labute approximate surface area is 198 Å². The van der Waals surface area contributed by atoms with E-state index in [1.165, 1.54) is 0 Å². The zero-order chi connectivity index (χ0) is 21.5. The lowest BCUT2D eigenvalue weighted by Gasteiger charge is -2.32. The molecule has 0 aliphatic heterocycles. The van der Waals surface area contributed by atoms with Crippen LogP contribution in [0.2, 0.25) is 13.1 Å². The quantitative estimate of drug-likeness (QED) is 0.0913. The van der Waals surface area contributed by atoms with E-state index in [1.807, 2.05) is 60.9 Å². The fourth-order valence-corrected chi connectivity index (χ4v) is 26.6. The van der Waals surface area contributed by atoms with Gasteiger partial charge in [0.2, 0.25) is 0 Å². The molecule has 0 bridgehead atoms. The molecule has 0 spiro atoms. The van der Waals surface area contributed by atoms with Crippen LogP contribution in [0, 0.1) is 0 Å². The molecule has 0 radical (unpaired) electrons. The molecule has 0 heterocycles. The third kappa shape index (κ3) is 11.3. The van der Waals surface area contributed by atoms with Crippen LogP contribution in [0.3, 0.4) is 0 Å². The second-order valence-electron chi connectivity index (χ2n) is 6.02. The minimum absolute atomic E-state index is 0.429. The molecule has 0 aromatic heterocycles. The molecule has 0 fully saturated rings. The molecule has 2 unspecified atom stereocenters. The van der Waals surface area contributed by atoms with Gasteiger partial charge in [0.25, 0.3) is 0 Å². The van der Waals surface area contributed by atoms with Crippen molar-refractivity contribution in [2.45, 2.75) is 77.2 Å². The monoisotopic (exact) mass is 542 g/mol. The van der Waals surface area contributed by atoms with Crippen molar-refractivity contribution in [3.8, 4) is 0 Å². The van der Waals surface area contributed by atoms with Crippen molar-refractivity contribution in [3.05, 3.63) is 0 Å². The summed E-state index contributed by atoms with van der Waals surface area (Å²) in [7, 11) is 6.86. The molecular formula is C16H38O4S6Si2. The highest BCUT2D eigenvalue weighted by molar-refractivity contribution is 9.42. The molecule has 0 aromatic carbocycles. The standard InChI is InChI=1S/C16H38O4S6Si2/c1-9-15(27(7,17-11-3)18-12-4)21-23-25-26-24-22-16(10-2)28(8,19-13-5)20-14-6/h15-16H,9-14H2,1-8H3. The lowest BCUT2D eigenvalue weighted by atomic mass is 10.6. The summed E-state index contributed by atoms with van der Waals surface area (Å²) in [6, 6.07) is 0. The maximum Gasteiger partial charge on any atom is 0.349 e. The maximum absolute atomic E-state index is 6.06. The summed E-state index contributed by atoms with van der Waals surface area (Å²) in [5, 5.41) is 0. The Morgan fingerprint density at radius 1 is 0.536 bits per heavy atom. The zero-order valence-electron chi connectivity index (χ0n) is 18.5. The van der Waals surface area contributed by atoms with Gasteiger partial charge < -0.3 is 17.7 Å². The van der Waals surface area contributed by atoms with Crippen molar-refractivity contribution < 1.29 is 17.7 Å². The number of hydrogen-bond acceptors (Lipinski definition) is 10. The summed E-state index contributed by atoms with van der Waals surface area (Å²) in [5.41, 5.74) is 0. The molecule has 0 aliphatic rings. The molecule has 0 aliphatic carbocycles. The maximum atomic E-state index is 6.06. The van der Waals surface area contributed by atoms with Gasteiger partial charge in [-0.05, 0) is 92.9 Å². The van der Waals surface area contributed by atoms with Gasteiger partial charge in [-0.25, -0.2) is 0 Å². The van der Waals surface area contributed by atoms with Crippen LogP contribution >= 0.6 is 60.9 Å². The smallest absolute Gasteiger partial charge is 0.349 e. The topological polar surface area (TPSA) is 36.9 Å². The molecule has 0 saturated heterocycles. The highest BCUT2D eigenvalue weighted by Gasteiger charge is 2.41. The van der Waals surface area contributed by atoms with Crippen LogP contribution in [0.25, 0.3) is 0 Å². The predicted octanol–water partition coefficient (Wildman–Crippen LogP) is 7.89. The summed E-state index contributed by atoms with van der Waals surface area (Å²) < 4.78 is 24.3. The highest BCUT2D eigenvalue weighted by atomic mass is 33.9. The van der Waals surface area contributed by atoms with E-state index < -0.39 is 17.1 Å². The van der Waals surface area contributed by atoms with Crippen LogP contribution in [-0.2, 0) is 17.7 Å². The average molecular weight is 543 g/mol. The molecular weight excluding hydrogens is 505 g/mol. The van der Waals surface area contributed by atoms with Gasteiger partial charge in [-0.1, -0.05) is 35.4 Å². The third-order valence-corrected chi connectivity index (χ3v) is 26.2. The van der Waals surface area contributed by atoms with Crippen molar-refractivity contribution in [2.24, 2.45) is 0 Å². The Morgan fingerprint density at radius 2 is 0.821 bits per heavy atom. The fraction of sp³-hybridized carbons (Fsp3) is 1.00. The summed E-state index contributed by atoms with van der Waals surface area (Å²) >= 11 is 0. The van der Waals surface area contributed by atoms with Gasteiger partial charge in [-0.2, -0.15) is 0 Å². The van der Waals surface area contributed by atoms with E-state index in [4.69, 9.17) is 17.7 Å². The molecule has 0 saturated carbocycles. The first-order valence-corrected chi connectivity index (χ1v) is 22.3. The first-order valence-electron chi connectivity index (χ1n) is 9.91. The summed E-state index contributed by atoms with van der Waals surface area (Å²) in [5.74, 6) is 0.